The molecule has 3 aromatic rings. The van der Waals surface area contributed by atoms with Gasteiger partial charge in [-0.25, -0.2) is 0 Å². The Kier molecular flexibility index (Phi) is 4.01. The number of nitrogens with zero attached hydrogens (tertiary/aromatic N) is 1. The van der Waals surface area contributed by atoms with Crippen LogP contribution >= 0.6 is 0 Å². The van der Waals surface area contributed by atoms with Crippen molar-refractivity contribution in [1.82, 2.24) is 4.98 Å². The van der Waals surface area contributed by atoms with E-state index in [-0.39, 0.29) is 12.2 Å². The molecule has 7 heteroatoms. The molecule has 0 spiro atoms. The number of ether oxygens (including phenoxy) is 1. The number of pyridine rings is 1. The quantitative estimate of drug-likeness (QED) is 0.657. The molecule has 0 saturated heterocycles. The van der Waals surface area contributed by atoms with E-state index in [0.717, 1.165) is 6.20 Å². The van der Waals surface area contributed by atoms with Gasteiger partial charge in [0.1, 0.15) is 23.7 Å². The van der Waals surface area contributed by atoms with Crippen LogP contribution in [0.25, 0.3) is 11.0 Å². The summed E-state index contributed by atoms with van der Waals surface area (Å²) in [4.78, 5) is 14.5. The van der Waals surface area contributed by atoms with Gasteiger partial charge < -0.3 is 9.15 Å². The Morgan fingerprint density at radius 2 is 2.08 bits per heavy atom. The average Bonchev–Trinajstić information content (AvgIpc) is 2.86. The number of carbonyl (C=O) groups is 1. The standard InChI is InChI=1S/C17H12F3NO3/c1-10-14(8-22)13-7-12(4-5-15(13)24-10)23-9-11-3-2-6-21-16(11)17(18,19)20/h2-8H,9H2,1H3. The molecule has 0 aliphatic carbocycles. The predicted octanol–water partition coefficient (Wildman–Crippen LogP) is 4.55. The molecule has 0 saturated carbocycles. The summed E-state index contributed by atoms with van der Waals surface area (Å²) >= 11 is 0. The normalized spacial score (nSPS) is 11.7. The molecule has 0 unspecified atom stereocenters. The highest BCUT2D eigenvalue weighted by atomic mass is 19.4. The first-order valence-electron chi connectivity index (χ1n) is 7.02. The number of alkyl halides is 3. The number of hydrogen-bond donors (Lipinski definition) is 0. The number of rotatable bonds is 4. The molecule has 2 heterocycles. The Morgan fingerprint density at radius 1 is 1.29 bits per heavy atom. The monoisotopic (exact) mass is 335 g/mol. The van der Waals surface area contributed by atoms with Gasteiger partial charge in [-0.2, -0.15) is 13.2 Å². The van der Waals surface area contributed by atoms with Crippen molar-refractivity contribution >= 4 is 17.3 Å². The molecule has 0 atom stereocenters. The van der Waals surface area contributed by atoms with E-state index in [1.54, 1.807) is 25.1 Å². The van der Waals surface area contributed by atoms with Crippen molar-refractivity contribution < 1.29 is 27.1 Å². The minimum Gasteiger partial charge on any atom is -0.489 e. The number of halogens is 3. The fourth-order valence-corrected chi connectivity index (χ4v) is 2.43. The van der Waals surface area contributed by atoms with Crippen LogP contribution in [0.2, 0.25) is 0 Å². The van der Waals surface area contributed by atoms with Gasteiger partial charge in [0, 0.05) is 17.1 Å². The molecule has 0 N–H and O–H groups in total. The highest BCUT2D eigenvalue weighted by Gasteiger charge is 2.35. The number of carbonyl (C=O) groups excluding carboxylic acids is 1. The lowest BCUT2D eigenvalue weighted by Gasteiger charge is -2.12. The molecule has 4 nitrogen and oxygen atoms in total. The van der Waals surface area contributed by atoms with Crippen LogP contribution in [0.5, 0.6) is 5.75 Å². The molecular weight excluding hydrogens is 323 g/mol. The first kappa shape index (κ1) is 16.0. The highest BCUT2D eigenvalue weighted by molar-refractivity contribution is 5.97. The number of aryl methyl sites for hydroxylation is 1. The van der Waals surface area contributed by atoms with Gasteiger partial charge in [0.05, 0.1) is 5.56 Å². The Morgan fingerprint density at radius 3 is 2.79 bits per heavy atom. The lowest BCUT2D eigenvalue weighted by Crippen LogP contribution is -2.13. The molecule has 0 radical (unpaired) electrons. The van der Waals surface area contributed by atoms with Gasteiger partial charge in [0.15, 0.2) is 12.0 Å². The Labute approximate surface area is 134 Å². The maximum absolute atomic E-state index is 12.9. The van der Waals surface area contributed by atoms with Crippen molar-refractivity contribution in [2.75, 3.05) is 0 Å². The summed E-state index contributed by atoms with van der Waals surface area (Å²) in [6, 6.07) is 7.48. The average molecular weight is 335 g/mol. The van der Waals surface area contributed by atoms with Gasteiger partial charge in [-0.05, 0) is 31.2 Å². The Bertz CT molecular complexity index is 900. The fraction of sp³-hybridized carbons (Fsp3) is 0.176. The maximum Gasteiger partial charge on any atom is 0.433 e. The van der Waals surface area contributed by atoms with Gasteiger partial charge in [-0.15, -0.1) is 0 Å². The van der Waals surface area contributed by atoms with Crippen molar-refractivity contribution in [3.63, 3.8) is 0 Å². The SMILES string of the molecule is Cc1oc2ccc(OCc3cccnc3C(F)(F)F)cc2c1C=O. The lowest BCUT2D eigenvalue weighted by molar-refractivity contribution is -0.142. The molecule has 0 aliphatic rings. The molecule has 0 bridgehead atoms. The van der Waals surface area contributed by atoms with E-state index < -0.39 is 11.9 Å². The molecule has 0 aliphatic heterocycles. The van der Waals surface area contributed by atoms with E-state index in [4.69, 9.17) is 9.15 Å². The molecular formula is C17H12F3NO3. The van der Waals surface area contributed by atoms with Gasteiger partial charge in [0.2, 0.25) is 0 Å². The second-order valence-electron chi connectivity index (χ2n) is 5.15. The lowest BCUT2D eigenvalue weighted by atomic mass is 10.1. The minimum atomic E-state index is -4.55. The van der Waals surface area contributed by atoms with E-state index in [0.29, 0.717) is 34.3 Å². The molecule has 124 valence electrons. The number of furan rings is 1. The Hall–Kier alpha value is -2.83. The van der Waals surface area contributed by atoms with Crippen LogP contribution in [-0.2, 0) is 12.8 Å². The molecule has 0 amide bonds. The van der Waals surface area contributed by atoms with E-state index in [9.17, 15) is 18.0 Å². The van der Waals surface area contributed by atoms with Gasteiger partial charge >= 0.3 is 6.18 Å². The second-order valence-corrected chi connectivity index (χ2v) is 5.15. The summed E-state index contributed by atoms with van der Waals surface area (Å²) < 4.78 is 49.6. The molecule has 0 fully saturated rings. The summed E-state index contributed by atoms with van der Waals surface area (Å²) in [5, 5.41) is 0.558. The maximum atomic E-state index is 12.9. The zero-order valence-corrected chi connectivity index (χ0v) is 12.6. The largest absolute Gasteiger partial charge is 0.489 e. The number of fused-ring (bicyclic) bond motifs is 1. The van der Waals surface area contributed by atoms with Gasteiger partial charge in [-0.3, -0.25) is 9.78 Å². The van der Waals surface area contributed by atoms with E-state index >= 15 is 0 Å². The third kappa shape index (κ3) is 2.97. The van der Waals surface area contributed by atoms with Crippen molar-refractivity contribution in [2.24, 2.45) is 0 Å². The zero-order valence-electron chi connectivity index (χ0n) is 12.6. The van der Waals surface area contributed by atoms with Gasteiger partial charge in [-0.1, -0.05) is 6.07 Å². The third-order valence-electron chi connectivity index (χ3n) is 3.56. The van der Waals surface area contributed by atoms with Crippen molar-refractivity contribution in [3.8, 4) is 5.75 Å². The van der Waals surface area contributed by atoms with Crippen LogP contribution in [0.15, 0.2) is 40.9 Å². The molecule has 2 aromatic heterocycles. The topological polar surface area (TPSA) is 52.3 Å². The van der Waals surface area contributed by atoms with Crippen molar-refractivity contribution in [3.05, 3.63) is 59.1 Å². The van der Waals surface area contributed by atoms with Crippen molar-refractivity contribution in [2.45, 2.75) is 19.7 Å². The number of aldehydes is 1. The van der Waals surface area contributed by atoms with Crippen LogP contribution in [0.3, 0.4) is 0 Å². The fourth-order valence-electron chi connectivity index (χ4n) is 2.43. The molecule has 1 aromatic carbocycles. The Balaban J connectivity index is 1.88. The van der Waals surface area contributed by atoms with E-state index in [2.05, 4.69) is 4.98 Å². The van der Waals surface area contributed by atoms with Crippen LogP contribution < -0.4 is 4.74 Å². The molecule has 3 rings (SSSR count). The van der Waals surface area contributed by atoms with E-state index in [1.165, 1.54) is 12.1 Å². The summed E-state index contributed by atoms with van der Waals surface area (Å²) in [5.41, 5.74) is -0.130. The van der Waals surface area contributed by atoms with Crippen LogP contribution in [0.4, 0.5) is 13.2 Å². The first-order valence-corrected chi connectivity index (χ1v) is 7.02. The number of benzene rings is 1. The zero-order chi connectivity index (χ0) is 17.3. The van der Waals surface area contributed by atoms with E-state index in [1.807, 2.05) is 0 Å². The molecule has 24 heavy (non-hydrogen) atoms. The summed E-state index contributed by atoms with van der Waals surface area (Å²) in [6.07, 6.45) is -2.78. The first-order chi connectivity index (χ1) is 11.4. The number of hydrogen-bond acceptors (Lipinski definition) is 4. The highest BCUT2D eigenvalue weighted by Crippen LogP contribution is 2.31. The van der Waals surface area contributed by atoms with Crippen molar-refractivity contribution in [1.29, 1.82) is 0 Å². The minimum absolute atomic E-state index is 0.0657. The van der Waals surface area contributed by atoms with Crippen LogP contribution in [0.1, 0.15) is 27.4 Å². The third-order valence-corrected chi connectivity index (χ3v) is 3.56. The van der Waals surface area contributed by atoms with Gasteiger partial charge in [0.25, 0.3) is 0 Å². The predicted molar refractivity (Wildman–Crippen MR) is 79.9 cm³/mol. The summed E-state index contributed by atoms with van der Waals surface area (Å²) in [5.74, 6) is 0.812. The van der Waals surface area contributed by atoms with Crippen LogP contribution in [-0.4, -0.2) is 11.3 Å². The second kappa shape index (κ2) is 5.99. The van der Waals surface area contributed by atoms with Crippen LogP contribution in [0, 0.1) is 6.92 Å². The summed E-state index contributed by atoms with van der Waals surface area (Å²) in [7, 11) is 0. The smallest absolute Gasteiger partial charge is 0.433 e. The summed E-state index contributed by atoms with van der Waals surface area (Å²) in [6.45, 7) is 1.37. The number of aromatic nitrogens is 1.